The number of nitrogens with one attached hydrogen (secondary N) is 1. The lowest BCUT2D eigenvalue weighted by Gasteiger charge is -2.08. The summed E-state index contributed by atoms with van der Waals surface area (Å²) in [5.41, 5.74) is 0.591. The van der Waals surface area contributed by atoms with E-state index in [1.54, 1.807) is 0 Å². The van der Waals surface area contributed by atoms with Crippen LogP contribution in [0.3, 0.4) is 0 Å². The smallest absolute Gasteiger partial charge is 0.207 e. The van der Waals surface area contributed by atoms with Gasteiger partial charge in [-0.05, 0) is 35.9 Å². The van der Waals surface area contributed by atoms with Crippen LogP contribution in [0.15, 0.2) is 47.4 Å². The first-order valence-corrected chi connectivity index (χ1v) is 7.44. The molecule has 0 heterocycles. The van der Waals surface area contributed by atoms with Gasteiger partial charge in [-0.15, -0.1) is 0 Å². The first-order valence-electron chi connectivity index (χ1n) is 5.58. The summed E-state index contributed by atoms with van der Waals surface area (Å²) in [6.45, 7) is -0.0175. The summed E-state index contributed by atoms with van der Waals surface area (Å²) in [4.78, 5) is -0.206. The lowest BCUT2D eigenvalue weighted by atomic mass is 10.2. The van der Waals surface area contributed by atoms with Gasteiger partial charge in [0.25, 0.3) is 0 Å². The van der Waals surface area contributed by atoms with Gasteiger partial charge in [0.2, 0.25) is 10.0 Å². The van der Waals surface area contributed by atoms with E-state index in [1.165, 1.54) is 24.3 Å². The molecule has 2 aromatic carbocycles. The van der Waals surface area contributed by atoms with Crippen molar-refractivity contribution in [3.8, 4) is 0 Å². The van der Waals surface area contributed by atoms with Crippen molar-refractivity contribution in [3.05, 3.63) is 64.7 Å². The number of benzene rings is 2. The summed E-state index contributed by atoms with van der Waals surface area (Å²) in [5.74, 6) is -1.02. The van der Waals surface area contributed by atoms with Gasteiger partial charge in [-0.2, -0.15) is 0 Å². The highest BCUT2D eigenvalue weighted by atomic mass is 35.5. The van der Waals surface area contributed by atoms with Crippen molar-refractivity contribution >= 4 is 21.6 Å². The van der Waals surface area contributed by atoms with Crippen molar-refractivity contribution in [2.45, 2.75) is 11.4 Å². The van der Waals surface area contributed by atoms with Crippen LogP contribution in [0, 0.1) is 11.6 Å². The zero-order valence-corrected chi connectivity index (χ0v) is 11.7. The second-order valence-electron chi connectivity index (χ2n) is 4.03. The molecule has 0 aromatic heterocycles. The Labute approximate surface area is 120 Å². The maximum absolute atomic E-state index is 12.9. The Morgan fingerprint density at radius 1 is 1.00 bits per heavy atom. The van der Waals surface area contributed by atoms with Crippen LogP contribution in [0.25, 0.3) is 0 Å². The van der Waals surface area contributed by atoms with E-state index in [0.29, 0.717) is 5.56 Å². The average Bonchev–Trinajstić information content (AvgIpc) is 2.37. The van der Waals surface area contributed by atoms with Crippen LogP contribution in [0.1, 0.15) is 5.56 Å². The highest BCUT2D eigenvalue weighted by molar-refractivity contribution is 7.89. The third-order valence-electron chi connectivity index (χ3n) is 2.56. The third-order valence-corrected chi connectivity index (χ3v) is 4.45. The monoisotopic (exact) mass is 317 g/mol. The second kappa shape index (κ2) is 5.87. The van der Waals surface area contributed by atoms with Crippen molar-refractivity contribution in [1.29, 1.82) is 0 Å². The molecular formula is C13H10ClF2NO2S. The molecule has 2 rings (SSSR count). The number of halogens is 3. The lowest BCUT2D eigenvalue weighted by molar-refractivity contribution is 0.580. The molecule has 0 spiro atoms. The first kappa shape index (κ1) is 14.9. The number of rotatable bonds is 4. The molecule has 0 saturated heterocycles. The lowest BCUT2D eigenvalue weighted by Crippen LogP contribution is -2.23. The van der Waals surface area contributed by atoms with E-state index in [0.717, 1.165) is 18.2 Å². The molecule has 20 heavy (non-hydrogen) atoms. The van der Waals surface area contributed by atoms with Gasteiger partial charge in [0.15, 0.2) is 0 Å². The minimum absolute atomic E-state index is 0.0175. The zero-order valence-electron chi connectivity index (χ0n) is 10.1. The maximum atomic E-state index is 12.9. The van der Waals surface area contributed by atoms with Crippen molar-refractivity contribution in [2.24, 2.45) is 0 Å². The molecule has 2 aromatic rings. The molecule has 0 fully saturated rings. The fourth-order valence-electron chi connectivity index (χ4n) is 1.55. The fourth-order valence-corrected chi connectivity index (χ4v) is 3.10. The van der Waals surface area contributed by atoms with E-state index in [1.807, 2.05) is 0 Å². The Bertz CT molecular complexity index is 718. The standard InChI is InChI=1S/C13H10ClF2NO2S/c14-12-7-11(16)5-6-13(12)20(18,19)17-8-9-1-3-10(15)4-2-9/h1-7,17H,8H2. The normalized spacial score (nSPS) is 11.6. The van der Waals surface area contributed by atoms with Gasteiger partial charge in [-0.3, -0.25) is 0 Å². The Morgan fingerprint density at radius 3 is 2.20 bits per heavy atom. The Morgan fingerprint density at radius 2 is 1.60 bits per heavy atom. The van der Waals surface area contributed by atoms with Crippen molar-refractivity contribution in [2.75, 3.05) is 0 Å². The largest absolute Gasteiger partial charge is 0.242 e. The van der Waals surface area contributed by atoms with Gasteiger partial charge in [-0.25, -0.2) is 21.9 Å². The molecule has 0 unspecified atom stereocenters. The molecule has 1 N–H and O–H groups in total. The van der Waals surface area contributed by atoms with E-state index in [-0.39, 0.29) is 16.5 Å². The Balaban J connectivity index is 2.17. The highest BCUT2D eigenvalue weighted by Crippen LogP contribution is 2.22. The van der Waals surface area contributed by atoms with Gasteiger partial charge in [0.05, 0.1) is 5.02 Å². The van der Waals surface area contributed by atoms with Crippen LogP contribution in [-0.4, -0.2) is 8.42 Å². The van der Waals surface area contributed by atoms with Crippen LogP contribution in [0.4, 0.5) is 8.78 Å². The van der Waals surface area contributed by atoms with Gasteiger partial charge < -0.3 is 0 Å². The predicted octanol–water partition coefficient (Wildman–Crippen LogP) is 3.10. The predicted molar refractivity (Wildman–Crippen MR) is 71.8 cm³/mol. The van der Waals surface area contributed by atoms with Crippen molar-refractivity contribution in [3.63, 3.8) is 0 Å². The van der Waals surface area contributed by atoms with Gasteiger partial charge in [-0.1, -0.05) is 23.7 Å². The van der Waals surface area contributed by atoms with Crippen LogP contribution in [-0.2, 0) is 16.6 Å². The molecule has 0 radical (unpaired) electrons. The SMILES string of the molecule is O=S(=O)(NCc1ccc(F)cc1)c1ccc(F)cc1Cl. The molecule has 3 nitrogen and oxygen atoms in total. The van der Waals surface area contributed by atoms with E-state index in [2.05, 4.69) is 4.72 Å². The summed E-state index contributed by atoms with van der Waals surface area (Å²) in [6.07, 6.45) is 0. The molecule has 0 atom stereocenters. The number of hydrogen-bond acceptors (Lipinski definition) is 2. The van der Waals surface area contributed by atoms with Gasteiger partial charge >= 0.3 is 0 Å². The topological polar surface area (TPSA) is 46.2 Å². The summed E-state index contributed by atoms with van der Waals surface area (Å²) in [7, 11) is -3.86. The van der Waals surface area contributed by atoms with Crippen LogP contribution in [0.2, 0.25) is 5.02 Å². The van der Waals surface area contributed by atoms with Crippen LogP contribution in [0.5, 0.6) is 0 Å². The summed E-state index contributed by atoms with van der Waals surface area (Å²) in [5, 5.41) is -0.198. The fraction of sp³-hybridized carbons (Fsp3) is 0.0769. The average molecular weight is 318 g/mol. The van der Waals surface area contributed by atoms with E-state index >= 15 is 0 Å². The Kier molecular flexibility index (Phi) is 4.37. The molecule has 7 heteroatoms. The van der Waals surface area contributed by atoms with Crippen molar-refractivity contribution < 1.29 is 17.2 Å². The second-order valence-corrected chi connectivity index (χ2v) is 6.17. The third kappa shape index (κ3) is 3.53. The van der Waals surface area contributed by atoms with Gasteiger partial charge in [0.1, 0.15) is 16.5 Å². The highest BCUT2D eigenvalue weighted by Gasteiger charge is 2.17. The molecule has 0 aliphatic heterocycles. The van der Waals surface area contributed by atoms with E-state index in [4.69, 9.17) is 11.6 Å². The van der Waals surface area contributed by atoms with Gasteiger partial charge in [0, 0.05) is 6.54 Å². The Hall–Kier alpha value is -1.50. The molecule has 0 amide bonds. The minimum Gasteiger partial charge on any atom is -0.207 e. The molecule has 0 bridgehead atoms. The van der Waals surface area contributed by atoms with E-state index < -0.39 is 21.7 Å². The molecular weight excluding hydrogens is 308 g/mol. The minimum atomic E-state index is -3.86. The summed E-state index contributed by atoms with van der Waals surface area (Å²) in [6, 6.07) is 8.41. The van der Waals surface area contributed by atoms with Crippen LogP contribution < -0.4 is 4.72 Å². The summed E-state index contributed by atoms with van der Waals surface area (Å²) >= 11 is 5.71. The summed E-state index contributed by atoms with van der Waals surface area (Å²) < 4.78 is 52.0. The number of sulfonamides is 1. The molecule has 0 saturated carbocycles. The van der Waals surface area contributed by atoms with Crippen LogP contribution >= 0.6 is 11.6 Å². The molecule has 0 aliphatic carbocycles. The first-order chi connectivity index (χ1) is 9.38. The zero-order chi connectivity index (χ0) is 14.8. The molecule has 106 valence electrons. The number of hydrogen-bond donors (Lipinski definition) is 1. The molecule has 0 aliphatic rings. The van der Waals surface area contributed by atoms with E-state index in [9.17, 15) is 17.2 Å². The quantitative estimate of drug-likeness (QED) is 0.942. The van der Waals surface area contributed by atoms with Crippen molar-refractivity contribution in [1.82, 2.24) is 4.72 Å². The maximum Gasteiger partial charge on any atom is 0.242 e.